The zero-order valence-corrected chi connectivity index (χ0v) is 21.9. The Hall–Kier alpha value is -3.60. The average Bonchev–Trinajstić information content (AvgIpc) is 2.86. The number of amides is 2. The summed E-state index contributed by atoms with van der Waals surface area (Å²) >= 11 is 0. The molecule has 0 bridgehead atoms. The summed E-state index contributed by atoms with van der Waals surface area (Å²) in [5.41, 5.74) is 4.08. The molecule has 3 aromatic carbocycles. The smallest absolute Gasteiger partial charge is 0.274 e. The van der Waals surface area contributed by atoms with Crippen LogP contribution in [0, 0.1) is 5.82 Å². The van der Waals surface area contributed by atoms with Crippen molar-refractivity contribution in [3.05, 3.63) is 95.3 Å². The first kappa shape index (κ1) is 28.0. The van der Waals surface area contributed by atoms with Crippen molar-refractivity contribution in [2.45, 2.75) is 37.6 Å². The number of rotatable bonds is 8. The van der Waals surface area contributed by atoms with Crippen LogP contribution in [-0.2, 0) is 26.8 Å². The molecule has 0 atom stereocenters. The third-order valence-electron chi connectivity index (χ3n) is 5.88. The molecule has 0 spiro atoms. The predicted octanol–water partition coefficient (Wildman–Crippen LogP) is 4.10. The van der Waals surface area contributed by atoms with E-state index in [1.807, 2.05) is 24.3 Å². The Bertz CT molecular complexity index is 1350. The maximum atomic E-state index is 13.4. The van der Waals surface area contributed by atoms with Crippen LogP contribution in [0.5, 0.6) is 0 Å². The van der Waals surface area contributed by atoms with Gasteiger partial charge in [-0.2, -0.15) is 4.31 Å². The third-order valence-corrected chi connectivity index (χ3v) is 7.70. The van der Waals surface area contributed by atoms with Gasteiger partial charge in [-0.05, 0) is 65.1 Å². The molecule has 0 radical (unpaired) electrons. The van der Waals surface area contributed by atoms with Gasteiger partial charge in [0.1, 0.15) is 5.82 Å². The number of carbonyl (C=O) groups is 2. The molecule has 0 saturated carbocycles. The number of halogens is 1. The van der Waals surface area contributed by atoms with Crippen LogP contribution in [0.1, 0.15) is 42.3 Å². The van der Waals surface area contributed by atoms with Gasteiger partial charge < -0.3 is 4.90 Å². The molecule has 0 unspecified atom stereocenters. The number of hydrogen-bond acceptors (Lipinski definition) is 5. The second kappa shape index (κ2) is 11.2. The van der Waals surface area contributed by atoms with Crippen molar-refractivity contribution < 1.29 is 27.6 Å². The normalized spacial score (nSPS) is 11.9. The second-order valence-electron chi connectivity index (χ2n) is 9.63. The average molecular weight is 528 g/mol. The zero-order chi connectivity index (χ0) is 27.4. The Kier molecular flexibility index (Phi) is 8.47. The highest BCUT2D eigenvalue weighted by Gasteiger charge is 2.26. The molecule has 3 rings (SSSR count). The fourth-order valence-corrected chi connectivity index (χ4v) is 4.74. The van der Waals surface area contributed by atoms with E-state index in [9.17, 15) is 22.4 Å². The summed E-state index contributed by atoms with van der Waals surface area (Å²) in [6.45, 7) is 5.97. The molecule has 8 nitrogen and oxygen atoms in total. The standard InChI is InChI=1S/C27H30FN3O5S/c1-27(2,3)21-9-5-19(6-10-21)17-31(23-13-7-20(8-14-23)26(33)29-34)25(32)18-30(4)37(35,36)24-15-11-22(28)12-16-24/h5-16,34H,17-18H2,1-4H3,(H,29,33). The van der Waals surface area contributed by atoms with Crippen LogP contribution in [0.3, 0.4) is 0 Å². The van der Waals surface area contributed by atoms with Crippen LogP contribution in [0.15, 0.2) is 77.7 Å². The quantitative estimate of drug-likeness (QED) is 0.339. The highest BCUT2D eigenvalue weighted by molar-refractivity contribution is 7.89. The minimum Gasteiger partial charge on any atom is -0.307 e. The lowest BCUT2D eigenvalue weighted by molar-refractivity contribution is -0.118. The Morgan fingerprint density at radius 2 is 1.49 bits per heavy atom. The first-order valence-electron chi connectivity index (χ1n) is 11.5. The molecule has 2 amide bonds. The number of hydroxylamine groups is 1. The largest absolute Gasteiger partial charge is 0.307 e. The number of sulfonamides is 1. The van der Waals surface area contributed by atoms with E-state index >= 15 is 0 Å². The molecule has 0 aliphatic carbocycles. The molecule has 0 aliphatic heterocycles. The molecule has 0 aliphatic rings. The molecular formula is C27H30FN3O5S. The van der Waals surface area contributed by atoms with Crippen LogP contribution >= 0.6 is 0 Å². The van der Waals surface area contributed by atoms with Gasteiger partial charge in [-0.25, -0.2) is 18.3 Å². The number of anilines is 1. The summed E-state index contributed by atoms with van der Waals surface area (Å²) < 4.78 is 40.1. The lowest BCUT2D eigenvalue weighted by Crippen LogP contribution is -2.41. The number of nitrogens with zero attached hydrogens (tertiary/aromatic N) is 2. The van der Waals surface area contributed by atoms with Crippen molar-refractivity contribution in [1.82, 2.24) is 9.79 Å². The minimum absolute atomic E-state index is 0.0471. The highest BCUT2D eigenvalue weighted by Crippen LogP contribution is 2.24. The van der Waals surface area contributed by atoms with Gasteiger partial charge in [-0.1, -0.05) is 45.0 Å². The SMILES string of the molecule is CN(CC(=O)N(Cc1ccc(C(C)(C)C)cc1)c1ccc(C(=O)NO)cc1)S(=O)(=O)c1ccc(F)cc1. The van der Waals surface area contributed by atoms with Gasteiger partial charge in [-0.15, -0.1) is 0 Å². The van der Waals surface area contributed by atoms with Gasteiger partial charge in [-0.3, -0.25) is 14.8 Å². The molecule has 0 fully saturated rings. The van der Waals surface area contributed by atoms with Gasteiger partial charge in [0.05, 0.1) is 18.0 Å². The Morgan fingerprint density at radius 3 is 2.00 bits per heavy atom. The Labute approximate surface area is 216 Å². The predicted molar refractivity (Wildman–Crippen MR) is 138 cm³/mol. The van der Waals surface area contributed by atoms with E-state index in [4.69, 9.17) is 5.21 Å². The summed E-state index contributed by atoms with van der Waals surface area (Å²) in [5.74, 6) is -1.78. The molecule has 2 N–H and O–H groups in total. The monoisotopic (exact) mass is 527 g/mol. The lowest BCUT2D eigenvalue weighted by atomic mass is 9.87. The summed E-state index contributed by atoms with van der Waals surface area (Å²) in [4.78, 5) is 26.4. The molecule has 3 aromatic rings. The van der Waals surface area contributed by atoms with Gasteiger partial charge in [0.2, 0.25) is 15.9 Å². The highest BCUT2D eigenvalue weighted by atomic mass is 32.2. The Balaban J connectivity index is 1.90. The van der Waals surface area contributed by atoms with E-state index in [0.29, 0.717) is 5.69 Å². The van der Waals surface area contributed by atoms with E-state index in [2.05, 4.69) is 20.8 Å². The van der Waals surface area contributed by atoms with Gasteiger partial charge in [0.25, 0.3) is 5.91 Å². The number of carbonyl (C=O) groups excluding carboxylic acids is 2. The van der Waals surface area contributed by atoms with E-state index in [0.717, 1.165) is 39.7 Å². The van der Waals surface area contributed by atoms with E-state index in [-0.39, 0.29) is 22.4 Å². The van der Waals surface area contributed by atoms with E-state index in [1.165, 1.54) is 24.1 Å². The second-order valence-corrected chi connectivity index (χ2v) is 11.7. The molecule has 10 heteroatoms. The lowest BCUT2D eigenvalue weighted by Gasteiger charge is -2.26. The topological polar surface area (TPSA) is 107 Å². The third kappa shape index (κ3) is 6.79. The van der Waals surface area contributed by atoms with Gasteiger partial charge in [0, 0.05) is 18.3 Å². The molecule has 0 aromatic heterocycles. The zero-order valence-electron chi connectivity index (χ0n) is 21.1. The molecule has 0 heterocycles. The summed E-state index contributed by atoms with van der Waals surface area (Å²) in [6, 6.07) is 18.1. The molecule has 0 saturated heterocycles. The molecule has 37 heavy (non-hydrogen) atoms. The maximum absolute atomic E-state index is 13.4. The van der Waals surface area contributed by atoms with Crippen molar-refractivity contribution in [2.75, 3.05) is 18.5 Å². The first-order chi connectivity index (χ1) is 17.3. The van der Waals surface area contributed by atoms with Crippen molar-refractivity contribution in [3.63, 3.8) is 0 Å². The van der Waals surface area contributed by atoms with Crippen LogP contribution in [0.2, 0.25) is 0 Å². The summed E-state index contributed by atoms with van der Waals surface area (Å²) in [7, 11) is -2.76. The van der Waals surface area contributed by atoms with Gasteiger partial charge >= 0.3 is 0 Å². The maximum Gasteiger partial charge on any atom is 0.274 e. The number of nitrogens with one attached hydrogen (secondary N) is 1. The van der Waals surface area contributed by atoms with Crippen molar-refractivity contribution in [3.8, 4) is 0 Å². The van der Waals surface area contributed by atoms with E-state index < -0.39 is 34.2 Å². The van der Waals surface area contributed by atoms with Crippen LogP contribution in [0.4, 0.5) is 10.1 Å². The van der Waals surface area contributed by atoms with E-state index in [1.54, 1.807) is 17.6 Å². The van der Waals surface area contributed by atoms with Crippen molar-refractivity contribution in [2.24, 2.45) is 0 Å². The van der Waals surface area contributed by atoms with Crippen molar-refractivity contribution in [1.29, 1.82) is 0 Å². The summed E-state index contributed by atoms with van der Waals surface area (Å²) in [6.07, 6.45) is 0. The van der Waals surface area contributed by atoms with Crippen LogP contribution < -0.4 is 10.4 Å². The molecular weight excluding hydrogens is 497 g/mol. The number of benzene rings is 3. The van der Waals surface area contributed by atoms with Crippen LogP contribution in [0.25, 0.3) is 0 Å². The molecule has 196 valence electrons. The fraction of sp³-hybridized carbons (Fsp3) is 0.259. The minimum atomic E-state index is -4.04. The number of hydrogen-bond donors (Lipinski definition) is 2. The first-order valence-corrected chi connectivity index (χ1v) is 12.9. The van der Waals surface area contributed by atoms with Gasteiger partial charge in [0.15, 0.2) is 0 Å². The number of likely N-dealkylation sites (N-methyl/N-ethyl adjacent to an activating group) is 1. The van der Waals surface area contributed by atoms with Crippen molar-refractivity contribution >= 4 is 27.5 Å². The Morgan fingerprint density at radius 1 is 0.919 bits per heavy atom. The van der Waals surface area contributed by atoms with Crippen LogP contribution in [-0.4, -0.2) is 43.3 Å². The summed E-state index contributed by atoms with van der Waals surface area (Å²) in [5, 5.41) is 8.87. The fourth-order valence-electron chi connectivity index (χ4n) is 3.62.